The van der Waals surface area contributed by atoms with Crippen molar-refractivity contribution in [3.63, 3.8) is 0 Å². The minimum absolute atomic E-state index is 0.145. The molecule has 2 rings (SSSR count). The summed E-state index contributed by atoms with van der Waals surface area (Å²) in [4.78, 5) is 12.4. The second-order valence-electron chi connectivity index (χ2n) is 6.33. The van der Waals surface area contributed by atoms with E-state index in [0.717, 1.165) is 19.3 Å². The fourth-order valence-corrected chi connectivity index (χ4v) is 3.33. The topological polar surface area (TPSA) is 47.6 Å². The Bertz CT molecular complexity index is 330. The zero-order chi connectivity index (χ0) is 14.6. The summed E-state index contributed by atoms with van der Waals surface area (Å²) in [5.41, 5.74) is -0.632. The van der Waals surface area contributed by atoms with Gasteiger partial charge in [-0.3, -0.25) is 0 Å². The summed E-state index contributed by atoms with van der Waals surface area (Å²) < 4.78 is 11.4. The lowest BCUT2D eigenvalue weighted by atomic mass is 9.87. The van der Waals surface area contributed by atoms with Crippen LogP contribution >= 0.6 is 0 Å². The van der Waals surface area contributed by atoms with E-state index in [2.05, 4.69) is 12.2 Å². The average molecular weight is 283 g/mol. The lowest BCUT2D eigenvalue weighted by Gasteiger charge is -2.35. The molecule has 3 unspecified atom stereocenters. The van der Waals surface area contributed by atoms with Crippen LogP contribution in [0.15, 0.2) is 0 Å². The first-order chi connectivity index (χ1) is 9.64. The Kier molecular flexibility index (Phi) is 5.44. The number of rotatable bonds is 7. The van der Waals surface area contributed by atoms with E-state index in [-0.39, 0.29) is 5.97 Å². The summed E-state index contributed by atoms with van der Waals surface area (Å²) >= 11 is 0. The Morgan fingerprint density at radius 2 is 1.95 bits per heavy atom. The highest BCUT2D eigenvalue weighted by Gasteiger charge is 2.52. The third-order valence-corrected chi connectivity index (χ3v) is 4.92. The van der Waals surface area contributed by atoms with Crippen LogP contribution in [0.4, 0.5) is 0 Å². The predicted octanol–water partition coefficient (Wildman–Crippen LogP) is 2.51. The Hall–Kier alpha value is -0.610. The molecular weight excluding hydrogens is 254 g/mol. The van der Waals surface area contributed by atoms with Gasteiger partial charge in [-0.2, -0.15) is 0 Å². The fraction of sp³-hybridized carbons (Fsp3) is 0.938. The van der Waals surface area contributed by atoms with Gasteiger partial charge in [0.15, 0.2) is 0 Å². The molecule has 0 aromatic rings. The van der Waals surface area contributed by atoms with Crippen molar-refractivity contribution in [1.29, 1.82) is 0 Å². The first-order valence-electron chi connectivity index (χ1n) is 8.11. The lowest BCUT2D eigenvalue weighted by Crippen LogP contribution is -2.57. The number of nitrogens with one attached hydrogen (secondary N) is 1. The van der Waals surface area contributed by atoms with Crippen molar-refractivity contribution in [1.82, 2.24) is 5.32 Å². The van der Waals surface area contributed by atoms with Crippen molar-refractivity contribution in [2.75, 3.05) is 20.3 Å². The van der Waals surface area contributed by atoms with E-state index >= 15 is 0 Å². The van der Waals surface area contributed by atoms with Gasteiger partial charge in [-0.25, -0.2) is 4.79 Å². The molecule has 0 aliphatic heterocycles. The standard InChI is InChI=1S/C16H29NO3/c1-4-19-15(18)16(17-3,13-9-10-13)11-20-14-8-6-5-7-12(14)2/h12-14,17H,4-11H2,1-3H3. The van der Waals surface area contributed by atoms with Crippen LogP contribution in [0.5, 0.6) is 0 Å². The van der Waals surface area contributed by atoms with Crippen LogP contribution in [0.25, 0.3) is 0 Å². The minimum atomic E-state index is -0.632. The van der Waals surface area contributed by atoms with Crippen molar-refractivity contribution in [2.24, 2.45) is 11.8 Å². The van der Waals surface area contributed by atoms with E-state index in [4.69, 9.17) is 9.47 Å². The van der Waals surface area contributed by atoms with Gasteiger partial charge in [0.1, 0.15) is 5.54 Å². The molecule has 116 valence electrons. The van der Waals surface area contributed by atoms with Crippen LogP contribution < -0.4 is 5.32 Å². The van der Waals surface area contributed by atoms with Crippen molar-refractivity contribution in [3.05, 3.63) is 0 Å². The zero-order valence-corrected chi connectivity index (χ0v) is 13.1. The molecule has 2 fully saturated rings. The summed E-state index contributed by atoms with van der Waals surface area (Å²) in [6, 6.07) is 0. The third kappa shape index (κ3) is 3.34. The maximum atomic E-state index is 12.4. The predicted molar refractivity (Wildman–Crippen MR) is 78.5 cm³/mol. The molecule has 0 heterocycles. The van der Waals surface area contributed by atoms with E-state index < -0.39 is 5.54 Å². The van der Waals surface area contributed by atoms with E-state index in [1.165, 1.54) is 19.3 Å². The van der Waals surface area contributed by atoms with Gasteiger partial charge in [0, 0.05) is 0 Å². The monoisotopic (exact) mass is 283 g/mol. The molecule has 1 N–H and O–H groups in total. The number of ether oxygens (including phenoxy) is 2. The molecule has 0 bridgehead atoms. The number of carbonyl (C=O) groups is 1. The number of likely N-dealkylation sites (N-methyl/N-ethyl adjacent to an activating group) is 1. The fourth-order valence-electron chi connectivity index (χ4n) is 3.33. The summed E-state index contributed by atoms with van der Waals surface area (Å²) in [5.74, 6) is 0.818. The summed E-state index contributed by atoms with van der Waals surface area (Å²) in [7, 11) is 1.85. The van der Waals surface area contributed by atoms with Gasteiger partial charge in [0.25, 0.3) is 0 Å². The van der Waals surface area contributed by atoms with Crippen molar-refractivity contribution >= 4 is 5.97 Å². The van der Waals surface area contributed by atoms with Crippen LogP contribution in [0, 0.1) is 11.8 Å². The van der Waals surface area contributed by atoms with Crippen molar-refractivity contribution < 1.29 is 14.3 Å². The molecule has 0 amide bonds. The van der Waals surface area contributed by atoms with E-state index in [1.807, 2.05) is 14.0 Å². The molecule has 2 aliphatic carbocycles. The van der Waals surface area contributed by atoms with Crippen LogP contribution in [0.2, 0.25) is 0 Å². The number of esters is 1. The molecular formula is C16H29NO3. The third-order valence-electron chi connectivity index (χ3n) is 4.92. The van der Waals surface area contributed by atoms with Crippen LogP contribution in [-0.2, 0) is 14.3 Å². The molecule has 2 saturated carbocycles. The summed E-state index contributed by atoms with van der Waals surface area (Å²) in [6.07, 6.45) is 7.37. The quantitative estimate of drug-likeness (QED) is 0.729. The highest BCUT2D eigenvalue weighted by atomic mass is 16.5. The summed E-state index contributed by atoms with van der Waals surface area (Å²) in [5, 5.41) is 3.22. The average Bonchev–Trinajstić information content (AvgIpc) is 3.27. The number of hydrogen-bond acceptors (Lipinski definition) is 4. The van der Waals surface area contributed by atoms with E-state index in [0.29, 0.717) is 31.2 Å². The Morgan fingerprint density at radius 1 is 1.25 bits per heavy atom. The minimum Gasteiger partial charge on any atom is -0.465 e. The van der Waals surface area contributed by atoms with Crippen molar-refractivity contribution in [3.8, 4) is 0 Å². The van der Waals surface area contributed by atoms with Gasteiger partial charge in [-0.15, -0.1) is 0 Å². The van der Waals surface area contributed by atoms with Gasteiger partial charge in [-0.1, -0.05) is 19.8 Å². The molecule has 0 saturated heterocycles. The van der Waals surface area contributed by atoms with Crippen molar-refractivity contribution in [2.45, 2.75) is 64.0 Å². The second kappa shape index (κ2) is 6.90. The SMILES string of the molecule is CCOC(=O)C(COC1CCCCC1C)(NC)C1CC1. The Balaban J connectivity index is 1.98. The normalized spacial score (nSPS) is 29.8. The molecule has 0 radical (unpaired) electrons. The Labute approximate surface area is 122 Å². The van der Waals surface area contributed by atoms with E-state index in [1.54, 1.807) is 0 Å². The van der Waals surface area contributed by atoms with Crippen LogP contribution in [0.3, 0.4) is 0 Å². The van der Waals surface area contributed by atoms with Crippen LogP contribution in [0.1, 0.15) is 52.4 Å². The van der Waals surface area contributed by atoms with Gasteiger partial charge in [-0.05, 0) is 51.5 Å². The maximum Gasteiger partial charge on any atom is 0.329 e. The van der Waals surface area contributed by atoms with Crippen LogP contribution in [-0.4, -0.2) is 37.9 Å². The van der Waals surface area contributed by atoms with Gasteiger partial charge >= 0.3 is 5.97 Å². The summed E-state index contributed by atoms with van der Waals surface area (Å²) in [6.45, 7) is 4.98. The molecule has 0 aromatic heterocycles. The van der Waals surface area contributed by atoms with E-state index in [9.17, 15) is 4.79 Å². The molecule has 4 nitrogen and oxygen atoms in total. The first-order valence-corrected chi connectivity index (χ1v) is 8.11. The highest BCUT2D eigenvalue weighted by Crippen LogP contribution is 2.41. The first kappa shape index (κ1) is 15.8. The Morgan fingerprint density at radius 3 is 2.50 bits per heavy atom. The number of carbonyl (C=O) groups excluding carboxylic acids is 1. The molecule has 2 aliphatic rings. The zero-order valence-electron chi connectivity index (χ0n) is 13.1. The smallest absolute Gasteiger partial charge is 0.329 e. The highest BCUT2D eigenvalue weighted by molar-refractivity contribution is 5.82. The molecule has 20 heavy (non-hydrogen) atoms. The largest absolute Gasteiger partial charge is 0.465 e. The lowest BCUT2D eigenvalue weighted by molar-refractivity contribution is -0.157. The molecule has 4 heteroatoms. The van der Waals surface area contributed by atoms with Gasteiger partial charge < -0.3 is 14.8 Å². The molecule has 3 atom stereocenters. The molecule has 0 aromatic carbocycles. The number of hydrogen-bond donors (Lipinski definition) is 1. The van der Waals surface area contributed by atoms with Gasteiger partial charge in [0.2, 0.25) is 0 Å². The maximum absolute atomic E-state index is 12.4. The second-order valence-corrected chi connectivity index (χ2v) is 6.33. The van der Waals surface area contributed by atoms with Gasteiger partial charge in [0.05, 0.1) is 19.3 Å². The molecule has 0 spiro atoms.